The lowest BCUT2D eigenvalue weighted by Gasteiger charge is -2.25. The van der Waals surface area contributed by atoms with Crippen LogP contribution >= 0.6 is 24.0 Å². The second-order valence-corrected chi connectivity index (χ2v) is 6.70. The smallest absolute Gasteiger partial charge is 0.191 e. The number of halogens is 1. The van der Waals surface area contributed by atoms with Gasteiger partial charge in [0.1, 0.15) is 0 Å². The number of piperidine rings is 1. The van der Waals surface area contributed by atoms with Gasteiger partial charge in [0, 0.05) is 36.7 Å². The average Bonchev–Trinajstić information content (AvgIpc) is 3.06. The fourth-order valence-corrected chi connectivity index (χ4v) is 3.48. The van der Waals surface area contributed by atoms with Gasteiger partial charge in [0.15, 0.2) is 5.96 Å². The molecular formula is C20H32IN5. The molecule has 2 aromatic rings. The molecule has 1 fully saturated rings. The largest absolute Gasteiger partial charge is 0.361 e. The van der Waals surface area contributed by atoms with Crippen LogP contribution in [0.5, 0.6) is 0 Å². The van der Waals surface area contributed by atoms with Crippen molar-refractivity contribution in [1.82, 2.24) is 20.5 Å². The summed E-state index contributed by atoms with van der Waals surface area (Å²) in [5.74, 6) is 0.930. The number of aromatic amines is 1. The van der Waals surface area contributed by atoms with Gasteiger partial charge in [-0.3, -0.25) is 4.99 Å². The van der Waals surface area contributed by atoms with E-state index in [9.17, 15) is 0 Å². The van der Waals surface area contributed by atoms with Gasteiger partial charge < -0.3 is 20.5 Å². The van der Waals surface area contributed by atoms with Crippen molar-refractivity contribution in [3.05, 3.63) is 36.0 Å². The maximum Gasteiger partial charge on any atom is 0.191 e. The second-order valence-electron chi connectivity index (χ2n) is 6.70. The molecule has 5 nitrogen and oxygen atoms in total. The zero-order valence-electron chi connectivity index (χ0n) is 15.8. The summed E-state index contributed by atoms with van der Waals surface area (Å²) < 4.78 is 0. The van der Waals surface area contributed by atoms with E-state index in [2.05, 4.69) is 57.9 Å². The molecule has 1 aliphatic rings. The third kappa shape index (κ3) is 6.16. The van der Waals surface area contributed by atoms with Crippen LogP contribution in [0.3, 0.4) is 0 Å². The van der Waals surface area contributed by atoms with Crippen molar-refractivity contribution in [2.75, 3.05) is 39.3 Å². The molecule has 0 aliphatic carbocycles. The fraction of sp³-hybridized carbons (Fsp3) is 0.550. The summed E-state index contributed by atoms with van der Waals surface area (Å²) in [6.07, 6.45) is 7.17. The summed E-state index contributed by atoms with van der Waals surface area (Å²) in [6, 6.07) is 8.47. The van der Waals surface area contributed by atoms with Crippen LogP contribution in [0.2, 0.25) is 0 Å². The lowest BCUT2D eigenvalue weighted by molar-refractivity contribution is 0.235. The van der Waals surface area contributed by atoms with Crippen LogP contribution in [0.25, 0.3) is 10.9 Å². The topological polar surface area (TPSA) is 55.5 Å². The van der Waals surface area contributed by atoms with E-state index >= 15 is 0 Å². The summed E-state index contributed by atoms with van der Waals surface area (Å²) in [5.41, 5.74) is 2.56. The molecule has 1 saturated heterocycles. The van der Waals surface area contributed by atoms with Crippen molar-refractivity contribution in [3.8, 4) is 0 Å². The molecule has 1 aliphatic heterocycles. The highest BCUT2D eigenvalue weighted by molar-refractivity contribution is 14.0. The highest BCUT2D eigenvalue weighted by atomic mass is 127. The van der Waals surface area contributed by atoms with Crippen LogP contribution in [-0.2, 0) is 6.42 Å². The van der Waals surface area contributed by atoms with Crippen molar-refractivity contribution in [3.63, 3.8) is 0 Å². The van der Waals surface area contributed by atoms with Crippen molar-refractivity contribution in [1.29, 1.82) is 0 Å². The van der Waals surface area contributed by atoms with Crippen LogP contribution in [-0.4, -0.2) is 55.1 Å². The first-order valence-electron chi connectivity index (χ1n) is 9.66. The molecule has 3 rings (SSSR count). The number of fused-ring (bicyclic) bond motifs is 1. The number of hydrogen-bond acceptors (Lipinski definition) is 2. The Morgan fingerprint density at radius 1 is 1.15 bits per heavy atom. The molecule has 0 radical (unpaired) electrons. The van der Waals surface area contributed by atoms with Gasteiger partial charge in [-0.2, -0.15) is 0 Å². The molecule has 3 N–H and O–H groups in total. The lowest BCUT2D eigenvalue weighted by atomic mass is 10.1. The van der Waals surface area contributed by atoms with Crippen LogP contribution < -0.4 is 10.6 Å². The van der Waals surface area contributed by atoms with Gasteiger partial charge in [-0.25, -0.2) is 0 Å². The Bertz CT molecular complexity index is 676. The maximum absolute atomic E-state index is 4.73. The average molecular weight is 469 g/mol. The number of H-pyrrole nitrogens is 1. The third-order valence-electron chi connectivity index (χ3n) is 4.84. The first kappa shape index (κ1) is 21.0. The second kappa shape index (κ2) is 11.4. The first-order valence-corrected chi connectivity index (χ1v) is 9.66. The Morgan fingerprint density at radius 2 is 1.96 bits per heavy atom. The molecule has 0 atom stereocenters. The molecule has 0 saturated carbocycles. The highest BCUT2D eigenvalue weighted by Gasteiger charge is 2.09. The van der Waals surface area contributed by atoms with Gasteiger partial charge in [0.05, 0.1) is 6.54 Å². The fourth-order valence-electron chi connectivity index (χ4n) is 3.48. The van der Waals surface area contributed by atoms with Crippen LogP contribution in [0.4, 0.5) is 0 Å². The van der Waals surface area contributed by atoms with Crippen LogP contribution in [0, 0.1) is 0 Å². The molecule has 0 unspecified atom stereocenters. The van der Waals surface area contributed by atoms with Gasteiger partial charge in [0.2, 0.25) is 0 Å². The summed E-state index contributed by atoms with van der Waals surface area (Å²) in [4.78, 5) is 10.6. The summed E-state index contributed by atoms with van der Waals surface area (Å²) in [6.45, 7) is 8.29. The third-order valence-corrected chi connectivity index (χ3v) is 4.84. The zero-order valence-corrected chi connectivity index (χ0v) is 18.1. The van der Waals surface area contributed by atoms with Crippen LogP contribution in [0.1, 0.15) is 31.7 Å². The normalized spacial score (nSPS) is 15.7. The molecule has 0 spiro atoms. The molecule has 144 valence electrons. The number of hydrogen-bond donors (Lipinski definition) is 3. The summed E-state index contributed by atoms with van der Waals surface area (Å²) in [7, 11) is 0. The summed E-state index contributed by atoms with van der Waals surface area (Å²) in [5, 5.41) is 8.13. The Labute approximate surface area is 174 Å². The number of rotatable bonds is 7. The number of aliphatic imine (C=N–C) groups is 1. The Hall–Kier alpha value is -1.28. The van der Waals surface area contributed by atoms with E-state index in [-0.39, 0.29) is 24.0 Å². The Morgan fingerprint density at radius 3 is 2.77 bits per heavy atom. The standard InChI is InChI=1S/C20H31N5.HI/c1-2-21-20(23-12-15-25-13-6-3-7-14-25)22-11-10-17-16-24-19-9-5-4-8-18(17)19;/h4-5,8-9,16,24H,2-3,6-7,10-15H2,1H3,(H2,21,22,23);1H. The molecule has 0 bridgehead atoms. The number of nitrogens with one attached hydrogen (secondary N) is 3. The quantitative estimate of drug-likeness (QED) is 0.331. The van der Waals surface area contributed by atoms with Gasteiger partial charge in [0.25, 0.3) is 0 Å². The van der Waals surface area contributed by atoms with E-state index in [1.807, 2.05) is 0 Å². The van der Waals surface area contributed by atoms with Gasteiger partial charge in [-0.1, -0.05) is 24.6 Å². The van der Waals surface area contributed by atoms with Crippen molar-refractivity contribution >= 4 is 40.8 Å². The number of nitrogens with zero attached hydrogens (tertiary/aromatic N) is 2. The Kier molecular flexibility index (Phi) is 9.25. The molecule has 26 heavy (non-hydrogen) atoms. The van der Waals surface area contributed by atoms with E-state index in [1.54, 1.807) is 0 Å². The maximum atomic E-state index is 4.73. The first-order chi connectivity index (χ1) is 12.4. The predicted octanol–water partition coefficient (Wildman–Crippen LogP) is 3.37. The minimum atomic E-state index is 0. The SMILES string of the molecule is CCNC(=NCCN1CCCCC1)NCCc1c[nH]c2ccccc12.I. The number of para-hydroxylation sites is 1. The minimum absolute atomic E-state index is 0. The predicted molar refractivity (Wildman–Crippen MR) is 122 cm³/mol. The monoisotopic (exact) mass is 469 g/mol. The van der Waals surface area contributed by atoms with Gasteiger partial charge >= 0.3 is 0 Å². The molecular weight excluding hydrogens is 437 g/mol. The summed E-state index contributed by atoms with van der Waals surface area (Å²) >= 11 is 0. The molecule has 1 aromatic carbocycles. The molecule has 1 aromatic heterocycles. The van der Waals surface area contributed by atoms with Crippen molar-refractivity contribution in [2.24, 2.45) is 4.99 Å². The Balaban J connectivity index is 0.00000243. The number of guanidine groups is 1. The number of likely N-dealkylation sites (tertiary alicyclic amines) is 1. The number of aromatic nitrogens is 1. The van der Waals surface area contributed by atoms with E-state index in [1.165, 1.54) is 48.8 Å². The number of benzene rings is 1. The van der Waals surface area contributed by atoms with Gasteiger partial charge in [-0.05, 0) is 50.9 Å². The van der Waals surface area contributed by atoms with Gasteiger partial charge in [-0.15, -0.1) is 24.0 Å². The van der Waals surface area contributed by atoms with E-state index in [0.29, 0.717) is 0 Å². The molecule has 6 heteroatoms. The molecule has 0 amide bonds. The zero-order chi connectivity index (χ0) is 17.3. The van der Waals surface area contributed by atoms with E-state index < -0.39 is 0 Å². The van der Waals surface area contributed by atoms with E-state index in [4.69, 9.17) is 4.99 Å². The van der Waals surface area contributed by atoms with Crippen molar-refractivity contribution in [2.45, 2.75) is 32.6 Å². The lowest BCUT2D eigenvalue weighted by Crippen LogP contribution is -2.39. The highest BCUT2D eigenvalue weighted by Crippen LogP contribution is 2.17. The van der Waals surface area contributed by atoms with E-state index in [0.717, 1.165) is 38.6 Å². The van der Waals surface area contributed by atoms with Crippen LogP contribution in [0.15, 0.2) is 35.5 Å². The molecule has 2 heterocycles. The van der Waals surface area contributed by atoms with Crippen molar-refractivity contribution < 1.29 is 0 Å². The minimum Gasteiger partial charge on any atom is -0.361 e.